The SMILES string of the molecule is O=S1(=O)CC[C@H]2CC=CC[C@@H]21. The maximum atomic E-state index is 11.4. The zero-order chi connectivity index (χ0) is 7.90. The summed E-state index contributed by atoms with van der Waals surface area (Å²) in [6.45, 7) is 0. The van der Waals surface area contributed by atoms with E-state index in [4.69, 9.17) is 0 Å². The fraction of sp³-hybridized carbons (Fsp3) is 0.750. The maximum Gasteiger partial charge on any atom is 0.153 e. The Bertz CT molecular complexity index is 276. The third-order valence-electron chi connectivity index (χ3n) is 2.73. The van der Waals surface area contributed by atoms with Gasteiger partial charge in [-0.05, 0) is 25.2 Å². The molecule has 1 heterocycles. The van der Waals surface area contributed by atoms with Crippen LogP contribution in [0.25, 0.3) is 0 Å². The summed E-state index contributed by atoms with van der Waals surface area (Å²) in [6, 6.07) is 0. The van der Waals surface area contributed by atoms with Crippen LogP contribution in [0, 0.1) is 5.92 Å². The highest BCUT2D eigenvalue weighted by Gasteiger charge is 2.39. The zero-order valence-corrected chi connectivity index (χ0v) is 7.18. The van der Waals surface area contributed by atoms with Crippen molar-refractivity contribution in [1.29, 1.82) is 0 Å². The summed E-state index contributed by atoms with van der Waals surface area (Å²) in [6.07, 6.45) is 6.74. The van der Waals surface area contributed by atoms with Crippen LogP contribution in [-0.4, -0.2) is 19.4 Å². The summed E-state index contributed by atoms with van der Waals surface area (Å²) in [5, 5.41) is -0.0347. The third-order valence-corrected chi connectivity index (χ3v) is 5.04. The molecule has 0 unspecified atom stereocenters. The van der Waals surface area contributed by atoms with Gasteiger partial charge in [0.05, 0.1) is 11.0 Å². The van der Waals surface area contributed by atoms with Crippen molar-refractivity contribution in [1.82, 2.24) is 0 Å². The molecular weight excluding hydrogens is 160 g/mol. The van der Waals surface area contributed by atoms with E-state index in [1.165, 1.54) is 0 Å². The van der Waals surface area contributed by atoms with E-state index in [1.807, 2.05) is 6.08 Å². The highest BCUT2D eigenvalue weighted by molar-refractivity contribution is 7.92. The van der Waals surface area contributed by atoms with Crippen molar-refractivity contribution in [2.24, 2.45) is 5.92 Å². The molecule has 0 aromatic heterocycles. The van der Waals surface area contributed by atoms with Crippen molar-refractivity contribution >= 4 is 9.84 Å². The van der Waals surface area contributed by atoms with Crippen LogP contribution in [0.1, 0.15) is 19.3 Å². The molecule has 0 aromatic rings. The van der Waals surface area contributed by atoms with E-state index in [1.54, 1.807) is 0 Å². The Morgan fingerprint density at radius 3 is 2.64 bits per heavy atom. The summed E-state index contributed by atoms with van der Waals surface area (Å²) in [7, 11) is -2.70. The van der Waals surface area contributed by atoms with Crippen LogP contribution in [0.5, 0.6) is 0 Å². The minimum absolute atomic E-state index is 0.0347. The van der Waals surface area contributed by atoms with Crippen LogP contribution in [0.3, 0.4) is 0 Å². The number of rotatable bonds is 0. The zero-order valence-electron chi connectivity index (χ0n) is 6.36. The Labute approximate surface area is 67.2 Å². The first-order valence-corrected chi connectivity index (χ1v) is 5.78. The molecule has 0 aromatic carbocycles. The van der Waals surface area contributed by atoms with Crippen molar-refractivity contribution in [3.63, 3.8) is 0 Å². The summed E-state index contributed by atoms with van der Waals surface area (Å²) in [5.74, 6) is 0.856. The second kappa shape index (κ2) is 2.34. The van der Waals surface area contributed by atoms with Gasteiger partial charge >= 0.3 is 0 Å². The summed E-state index contributed by atoms with van der Waals surface area (Å²) in [4.78, 5) is 0. The first-order chi connectivity index (χ1) is 5.20. The van der Waals surface area contributed by atoms with Gasteiger partial charge in [-0.25, -0.2) is 8.42 Å². The van der Waals surface area contributed by atoms with Gasteiger partial charge in [0, 0.05) is 0 Å². The molecule has 1 saturated heterocycles. The number of hydrogen-bond donors (Lipinski definition) is 0. The van der Waals surface area contributed by atoms with Crippen LogP contribution in [-0.2, 0) is 9.84 Å². The summed E-state index contributed by atoms with van der Waals surface area (Å²) >= 11 is 0. The minimum Gasteiger partial charge on any atom is -0.229 e. The van der Waals surface area contributed by atoms with Crippen LogP contribution in [0.2, 0.25) is 0 Å². The summed E-state index contributed by atoms with van der Waals surface area (Å²) < 4.78 is 22.7. The Kier molecular flexibility index (Phi) is 1.56. The fourth-order valence-corrected chi connectivity index (χ4v) is 4.23. The molecule has 62 valence electrons. The van der Waals surface area contributed by atoms with Crippen LogP contribution in [0.15, 0.2) is 12.2 Å². The average molecular weight is 172 g/mol. The molecule has 2 rings (SSSR count). The molecule has 0 amide bonds. The molecule has 1 aliphatic carbocycles. The van der Waals surface area contributed by atoms with Crippen LogP contribution in [0.4, 0.5) is 0 Å². The Balaban J connectivity index is 2.32. The lowest BCUT2D eigenvalue weighted by Crippen LogP contribution is -2.23. The largest absolute Gasteiger partial charge is 0.229 e. The normalized spacial score (nSPS) is 40.4. The number of allylic oxidation sites excluding steroid dienone is 2. The van der Waals surface area contributed by atoms with E-state index in [2.05, 4.69) is 6.08 Å². The molecule has 0 radical (unpaired) electrons. The molecule has 0 bridgehead atoms. The van der Waals surface area contributed by atoms with Gasteiger partial charge in [-0.3, -0.25) is 0 Å². The molecular formula is C8H12O2S. The van der Waals surface area contributed by atoms with Crippen molar-refractivity contribution in [3.8, 4) is 0 Å². The van der Waals surface area contributed by atoms with Gasteiger partial charge in [-0.2, -0.15) is 0 Å². The smallest absolute Gasteiger partial charge is 0.153 e. The predicted octanol–water partition coefficient (Wildman–Crippen LogP) is 1.14. The Morgan fingerprint density at radius 2 is 1.91 bits per heavy atom. The van der Waals surface area contributed by atoms with Gasteiger partial charge in [0.15, 0.2) is 9.84 Å². The molecule has 1 fully saturated rings. The maximum absolute atomic E-state index is 11.4. The fourth-order valence-electron chi connectivity index (χ4n) is 2.06. The first-order valence-electron chi connectivity index (χ1n) is 4.07. The van der Waals surface area contributed by atoms with E-state index in [-0.39, 0.29) is 5.25 Å². The van der Waals surface area contributed by atoms with E-state index in [0.29, 0.717) is 11.7 Å². The topological polar surface area (TPSA) is 34.1 Å². The van der Waals surface area contributed by atoms with Gasteiger partial charge in [0.2, 0.25) is 0 Å². The van der Waals surface area contributed by atoms with Gasteiger partial charge < -0.3 is 0 Å². The molecule has 2 atom stereocenters. The number of fused-ring (bicyclic) bond motifs is 1. The molecule has 1 aliphatic heterocycles. The third kappa shape index (κ3) is 1.11. The van der Waals surface area contributed by atoms with E-state index in [9.17, 15) is 8.42 Å². The lowest BCUT2D eigenvalue weighted by molar-refractivity contribution is 0.492. The number of sulfone groups is 1. The second-order valence-corrected chi connectivity index (χ2v) is 5.74. The number of hydrogen-bond acceptors (Lipinski definition) is 2. The van der Waals surface area contributed by atoms with E-state index in [0.717, 1.165) is 19.3 Å². The van der Waals surface area contributed by atoms with Gasteiger partial charge in [0.25, 0.3) is 0 Å². The van der Waals surface area contributed by atoms with E-state index >= 15 is 0 Å². The molecule has 0 N–H and O–H groups in total. The highest BCUT2D eigenvalue weighted by atomic mass is 32.2. The molecule has 2 aliphatic rings. The average Bonchev–Trinajstić information content (AvgIpc) is 2.29. The molecule has 3 heteroatoms. The highest BCUT2D eigenvalue weighted by Crippen LogP contribution is 2.34. The lowest BCUT2D eigenvalue weighted by Gasteiger charge is -2.18. The molecule has 0 saturated carbocycles. The standard InChI is InChI=1S/C8H12O2S/c9-11(10)6-5-7-3-1-2-4-8(7)11/h1-2,7-8H,3-6H2/t7-,8+/m1/s1. The van der Waals surface area contributed by atoms with Crippen molar-refractivity contribution in [2.45, 2.75) is 24.5 Å². The molecule has 11 heavy (non-hydrogen) atoms. The molecule has 0 spiro atoms. The first kappa shape index (κ1) is 7.35. The quantitative estimate of drug-likeness (QED) is 0.513. The Hall–Kier alpha value is -0.310. The second-order valence-electron chi connectivity index (χ2n) is 3.40. The van der Waals surface area contributed by atoms with Gasteiger partial charge in [-0.15, -0.1) is 0 Å². The van der Waals surface area contributed by atoms with Gasteiger partial charge in [0.1, 0.15) is 0 Å². The Morgan fingerprint density at radius 1 is 1.18 bits per heavy atom. The molecule has 2 nitrogen and oxygen atoms in total. The predicted molar refractivity (Wildman–Crippen MR) is 44.1 cm³/mol. The summed E-state index contributed by atoms with van der Waals surface area (Å²) in [5.41, 5.74) is 0. The van der Waals surface area contributed by atoms with Gasteiger partial charge in [-0.1, -0.05) is 12.2 Å². The van der Waals surface area contributed by atoms with Crippen molar-refractivity contribution < 1.29 is 8.42 Å². The van der Waals surface area contributed by atoms with Crippen LogP contribution >= 0.6 is 0 Å². The monoisotopic (exact) mass is 172 g/mol. The van der Waals surface area contributed by atoms with Crippen LogP contribution < -0.4 is 0 Å². The minimum atomic E-state index is -2.70. The lowest BCUT2D eigenvalue weighted by atomic mass is 9.92. The van der Waals surface area contributed by atoms with Crippen molar-refractivity contribution in [2.75, 3.05) is 5.75 Å². The van der Waals surface area contributed by atoms with E-state index < -0.39 is 9.84 Å². The van der Waals surface area contributed by atoms with Crippen molar-refractivity contribution in [3.05, 3.63) is 12.2 Å².